The van der Waals surface area contributed by atoms with Crippen LogP contribution in [0.3, 0.4) is 0 Å². The number of likely N-dealkylation sites (tertiary alicyclic amines) is 1. The number of ether oxygens (including phenoxy) is 1. The summed E-state index contributed by atoms with van der Waals surface area (Å²) < 4.78 is 4.98. The Balaban J connectivity index is 2.36. The van der Waals surface area contributed by atoms with Crippen molar-refractivity contribution < 1.29 is 14.6 Å². The van der Waals surface area contributed by atoms with Crippen molar-refractivity contribution in [2.24, 2.45) is 5.92 Å². The molecule has 1 saturated heterocycles. The summed E-state index contributed by atoms with van der Waals surface area (Å²) in [5, 5.41) is 9.65. The van der Waals surface area contributed by atoms with Crippen LogP contribution in [0.1, 0.15) is 27.2 Å². The van der Waals surface area contributed by atoms with Gasteiger partial charge in [-0.2, -0.15) is 0 Å². The maximum absolute atomic E-state index is 11.4. The van der Waals surface area contributed by atoms with Gasteiger partial charge in [-0.05, 0) is 33.7 Å². The van der Waals surface area contributed by atoms with Crippen molar-refractivity contribution in [1.29, 1.82) is 0 Å². The molecular formula is C11H21NO3. The highest BCUT2D eigenvalue weighted by Gasteiger charge is 2.31. The van der Waals surface area contributed by atoms with Crippen molar-refractivity contribution in [3.8, 4) is 0 Å². The number of hydrogen-bond acceptors (Lipinski definition) is 4. The summed E-state index contributed by atoms with van der Waals surface area (Å²) in [5.74, 6) is -0.108. The Labute approximate surface area is 91.2 Å². The number of rotatable bonds is 4. The first kappa shape index (κ1) is 12.5. The fourth-order valence-corrected chi connectivity index (χ4v) is 1.98. The predicted molar refractivity (Wildman–Crippen MR) is 57.5 cm³/mol. The average molecular weight is 215 g/mol. The minimum atomic E-state index is -0.691. The molecule has 0 radical (unpaired) electrons. The van der Waals surface area contributed by atoms with Crippen LogP contribution in [0.15, 0.2) is 0 Å². The summed E-state index contributed by atoms with van der Waals surface area (Å²) in [5.41, 5.74) is -0.691. The van der Waals surface area contributed by atoms with Crippen LogP contribution in [-0.2, 0) is 9.53 Å². The summed E-state index contributed by atoms with van der Waals surface area (Å²) >= 11 is 0. The molecule has 4 nitrogen and oxygen atoms in total. The predicted octanol–water partition coefficient (Wildman–Crippen LogP) is 0.642. The van der Waals surface area contributed by atoms with E-state index >= 15 is 0 Å². The standard InChI is InChI=1S/C11H21NO3/c1-4-15-10(13)9-5-6-12(7-9)8-11(2,3)14/h9,14H,4-8H2,1-3H3. The Morgan fingerprint density at radius 1 is 1.60 bits per heavy atom. The molecular weight excluding hydrogens is 194 g/mol. The third-order valence-corrected chi connectivity index (χ3v) is 2.50. The van der Waals surface area contributed by atoms with Crippen molar-refractivity contribution in [3.05, 3.63) is 0 Å². The number of carbonyl (C=O) groups is 1. The van der Waals surface area contributed by atoms with Gasteiger partial charge in [0.1, 0.15) is 0 Å². The minimum absolute atomic E-state index is 0.00713. The smallest absolute Gasteiger partial charge is 0.310 e. The van der Waals surface area contributed by atoms with Crippen LogP contribution in [0.5, 0.6) is 0 Å². The van der Waals surface area contributed by atoms with Gasteiger partial charge in [0.25, 0.3) is 0 Å². The topological polar surface area (TPSA) is 49.8 Å². The molecule has 1 N–H and O–H groups in total. The van der Waals surface area contributed by atoms with Gasteiger partial charge in [-0.1, -0.05) is 0 Å². The van der Waals surface area contributed by atoms with E-state index in [9.17, 15) is 9.90 Å². The van der Waals surface area contributed by atoms with Crippen LogP contribution in [0.25, 0.3) is 0 Å². The van der Waals surface area contributed by atoms with Crippen LogP contribution in [0.2, 0.25) is 0 Å². The van der Waals surface area contributed by atoms with E-state index < -0.39 is 5.60 Å². The lowest BCUT2D eigenvalue weighted by atomic mass is 10.1. The van der Waals surface area contributed by atoms with Crippen LogP contribution in [-0.4, -0.2) is 47.8 Å². The zero-order valence-corrected chi connectivity index (χ0v) is 9.82. The Hall–Kier alpha value is -0.610. The molecule has 0 saturated carbocycles. The van der Waals surface area contributed by atoms with Crippen LogP contribution in [0.4, 0.5) is 0 Å². The van der Waals surface area contributed by atoms with E-state index in [-0.39, 0.29) is 11.9 Å². The average Bonchev–Trinajstić information content (AvgIpc) is 2.50. The van der Waals surface area contributed by atoms with Crippen molar-refractivity contribution in [2.45, 2.75) is 32.8 Å². The van der Waals surface area contributed by atoms with E-state index in [0.717, 1.165) is 13.0 Å². The summed E-state index contributed by atoms with van der Waals surface area (Å²) in [7, 11) is 0. The largest absolute Gasteiger partial charge is 0.466 e. The molecule has 0 aromatic carbocycles. The Morgan fingerprint density at radius 3 is 2.80 bits per heavy atom. The molecule has 1 atom stereocenters. The highest BCUT2D eigenvalue weighted by molar-refractivity contribution is 5.73. The fourth-order valence-electron chi connectivity index (χ4n) is 1.98. The van der Waals surface area contributed by atoms with Gasteiger partial charge in [-0.25, -0.2) is 0 Å². The lowest BCUT2D eigenvalue weighted by Gasteiger charge is -2.24. The van der Waals surface area contributed by atoms with E-state index in [1.54, 1.807) is 13.8 Å². The fraction of sp³-hybridized carbons (Fsp3) is 0.909. The third kappa shape index (κ3) is 4.18. The molecule has 1 aliphatic heterocycles. The number of carbonyl (C=O) groups excluding carboxylic acids is 1. The first-order valence-electron chi connectivity index (χ1n) is 5.54. The van der Waals surface area contributed by atoms with Crippen molar-refractivity contribution in [1.82, 2.24) is 4.90 Å². The Morgan fingerprint density at radius 2 is 2.27 bits per heavy atom. The van der Waals surface area contributed by atoms with Gasteiger partial charge >= 0.3 is 5.97 Å². The first-order chi connectivity index (χ1) is 6.92. The van der Waals surface area contributed by atoms with Crippen LogP contribution < -0.4 is 0 Å². The molecule has 0 spiro atoms. The van der Waals surface area contributed by atoms with Crippen LogP contribution in [0, 0.1) is 5.92 Å². The Bertz CT molecular complexity index is 222. The van der Waals surface area contributed by atoms with Gasteiger partial charge in [-0.15, -0.1) is 0 Å². The lowest BCUT2D eigenvalue weighted by molar-refractivity contribution is -0.147. The molecule has 1 aliphatic rings. The molecule has 0 bridgehead atoms. The molecule has 1 heterocycles. The number of nitrogens with zero attached hydrogens (tertiary/aromatic N) is 1. The summed E-state index contributed by atoms with van der Waals surface area (Å²) in [4.78, 5) is 13.6. The number of aliphatic hydroxyl groups is 1. The zero-order chi connectivity index (χ0) is 11.5. The highest BCUT2D eigenvalue weighted by Crippen LogP contribution is 2.19. The molecule has 15 heavy (non-hydrogen) atoms. The molecule has 0 aliphatic carbocycles. The monoisotopic (exact) mass is 215 g/mol. The van der Waals surface area contributed by atoms with Gasteiger partial charge in [0.05, 0.1) is 18.1 Å². The van der Waals surface area contributed by atoms with E-state index in [4.69, 9.17) is 4.74 Å². The van der Waals surface area contributed by atoms with Gasteiger partial charge in [0, 0.05) is 13.1 Å². The second kappa shape index (κ2) is 4.94. The van der Waals surface area contributed by atoms with E-state index in [1.165, 1.54) is 0 Å². The normalized spacial score (nSPS) is 23.1. The quantitative estimate of drug-likeness (QED) is 0.699. The first-order valence-corrected chi connectivity index (χ1v) is 5.54. The summed E-state index contributed by atoms with van der Waals surface area (Å²) in [6, 6.07) is 0. The number of β-amino-alcohol motifs (C(OH)–C–C–N with tert-alkyl or cyclic N) is 1. The molecule has 1 fully saturated rings. The highest BCUT2D eigenvalue weighted by atomic mass is 16.5. The van der Waals surface area contributed by atoms with Gasteiger partial charge < -0.3 is 9.84 Å². The second-order valence-electron chi connectivity index (χ2n) is 4.79. The van der Waals surface area contributed by atoms with Gasteiger partial charge in [-0.3, -0.25) is 9.69 Å². The van der Waals surface area contributed by atoms with E-state index in [0.29, 0.717) is 19.7 Å². The van der Waals surface area contributed by atoms with Crippen LogP contribution >= 0.6 is 0 Å². The summed E-state index contributed by atoms with van der Waals surface area (Å²) in [6.45, 7) is 8.02. The van der Waals surface area contributed by atoms with E-state index in [1.807, 2.05) is 6.92 Å². The molecule has 0 amide bonds. The van der Waals surface area contributed by atoms with E-state index in [2.05, 4.69) is 4.90 Å². The molecule has 0 aromatic heterocycles. The lowest BCUT2D eigenvalue weighted by Crippen LogP contribution is -2.37. The maximum atomic E-state index is 11.4. The van der Waals surface area contributed by atoms with Gasteiger partial charge in [0.15, 0.2) is 0 Å². The van der Waals surface area contributed by atoms with Crippen molar-refractivity contribution in [3.63, 3.8) is 0 Å². The Kier molecular flexibility index (Phi) is 4.11. The molecule has 88 valence electrons. The van der Waals surface area contributed by atoms with Crippen molar-refractivity contribution >= 4 is 5.97 Å². The van der Waals surface area contributed by atoms with Gasteiger partial charge in [0.2, 0.25) is 0 Å². The molecule has 1 unspecified atom stereocenters. The zero-order valence-electron chi connectivity index (χ0n) is 9.82. The molecule has 0 aromatic rings. The SMILES string of the molecule is CCOC(=O)C1CCN(CC(C)(C)O)C1. The third-order valence-electron chi connectivity index (χ3n) is 2.50. The molecule has 1 rings (SSSR count). The number of hydrogen-bond donors (Lipinski definition) is 1. The molecule has 4 heteroatoms. The number of esters is 1. The minimum Gasteiger partial charge on any atom is -0.466 e. The second-order valence-corrected chi connectivity index (χ2v) is 4.79. The van der Waals surface area contributed by atoms with Crippen molar-refractivity contribution in [2.75, 3.05) is 26.2 Å². The maximum Gasteiger partial charge on any atom is 0.310 e. The summed E-state index contributed by atoms with van der Waals surface area (Å²) in [6.07, 6.45) is 0.842.